The summed E-state index contributed by atoms with van der Waals surface area (Å²) >= 11 is 18.3. The van der Waals surface area contributed by atoms with Crippen molar-refractivity contribution in [2.45, 2.75) is 0 Å². The summed E-state index contributed by atoms with van der Waals surface area (Å²) < 4.78 is 5.72. The molecule has 5 rings (SSSR count). The first-order valence-corrected chi connectivity index (χ1v) is 12.8. The van der Waals surface area contributed by atoms with E-state index in [1.807, 2.05) is 29.2 Å². The molecule has 1 fully saturated rings. The highest BCUT2D eigenvalue weighted by Gasteiger charge is 2.22. The van der Waals surface area contributed by atoms with Crippen LogP contribution in [0.1, 0.15) is 20.9 Å². The smallest absolute Gasteiger partial charge is 0.291 e. The monoisotopic (exact) mass is 553 g/mol. The highest BCUT2D eigenvalue weighted by atomic mass is 35.5. The third-order valence-electron chi connectivity index (χ3n) is 6.20. The van der Waals surface area contributed by atoms with Gasteiger partial charge in [-0.05, 0) is 72.8 Å². The van der Waals surface area contributed by atoms with E-state index in [1.165, 1.54) is 0 Å². The Kier molecular flexibility index (Phi) is 7.42. The number of hydrogen-bond acceptors (Lipinski definition) is 4. The van der Waals surface area contributed by atoms with Crippen LogP contribution >= 0.6 is 34.8 Å². The van der Waals surface area contributed by atoms with Gasteiger partial charge in [0.15, 0.2) is 5.76 Å². The Morgan fingerprint density at radius 3 is 2.19 bits per heavy atom. The van der Waals surface area contributed by atoms with Crippen LogP contribution in [0.4, 0.5) is 11.4 Å². The molecule has 0 unspecified atom stereocenters. The van der Waals surface area contributed by atoms with Crippen LogP contribution in [0.5, 0.6) is 0 Å². The average Bonchev–Trinajstić information content (AvgIpc) is 3.41. The maximum atomic E-state index is 12.7. The van der Waals surface area contributed by atoms with E-state index in [0.717, 1.165) is 5.69 Å². The molecule has 1 aromatic heterocycles. The number of rotatable bonds is 5. The Morgan fingerprint density at radius 2 is 1.49 bits per heavy atom. The Bertz CT molecular complexity index is 1430. The Morgan fingerprint density at radius 1 is 0.784 bits per heavy atom. The maximum absolute atomic E-state index is 12.7. The summed E-state index contributed by atoms with van der Waals surface area (Å²) in [4.78, 5) is 29.5. The highest BCUT2D eigenvalue weighted by Crippen LogP contribution is 2.34. The van der Waals surface area contributed by atoms with Gasteiger partial charge in [-0.1, -0.05) is 40.9 Å². The number of hydrogen-bond donors (Lipinski definition) is 1. The van der Waals surface area contributed by atoms with E-state index >= 15 is 0 Å². The number of carbonyl (C=O) groups is 2. The van der Waals surface area contributed by atoms with Crippen LogP contribution in [0.25, 0.3) is 11.3 Å². The molecular weight excluding hydrogens is 533 g/mol. The first-order chi connectivity index (χ1) is 17.9. The molecule has 4 aromatic rings. The molecular formula is C28H22Cl3N3O3. The zero-order valence-corrected chi connectivity index (χ0v) is 21.9. The standard InChI is InChI=1S/C28H22Cl3N3O3/c29-19-6-4-18(5-7-19)28(36)34-16-14-33(15-17-34)21-10-8-20(9-11-21)32-27(35)25-13-12-24(37-25)22-2-1-3-23(30)26(22)31/h1-13H,14-17H2,(H,32,35). The fourth-order valence-electron chi connectivity index (χ4n) is 4.19. The molecule has 1 aliphatic heterocycles. The van der Waals surface area contributed by atoms with Crippen molar-refractivity contribution in [2.75, 3.05) is 36.4 Å². The van der Waals surface area contributed by atoms with Gasteiger partial charge < -0.3 is 19.5 Å². The van der Waals surface area contributed by atoms with Crippen molar-refractivity contribution >= 4 is 58.0 Å². The van der Waals surface area contributed by atoms with E-state index < -0.39 is 0 Å². The van der Waals surface area contributed by atoms with Gasteiger partial charge in [0.05, 0.1) is 10.0 Å². The molecule has 3 aromatic carbocycles. The first kappa shape index (κ1) is 25.2. The Hall–Kier alpha value is -3.45. The van der Waals surface area contributed by atoms with Crippen molar-refractivity contribution in [3.8, 4) is 11.3 Å². The van der Waals surface area contributed by atoms with E-state index in [0.29, 0.717) is 63.8 Å². The first-order valence-electron chi connectivity index (χ1n) is 11.6. The predicted molar refractivity (Wildman–Crippen MR) is 148 cm³/mol. The molecule has 6 nitrogen and oxygen atoms in total. The van der Waals surface area contributed by atoms with Crippen LogP contribution < -0.4 is 10.2 Å². The Balaban J connectivity index is 1.17. The molecule has 188 valence electrons. The fraction of sp³-hybridized carbons (Fsp3) is 0.143. The molecule has 0 atom stereocenters. The average molecular weight is 555 g/mol. The van der Waals surface area contributed by atoms with Gasteiger partial charge in [0.2, 0.25) is 0 Å². The van der Waals surface area contributed by atoms with E-state index in [-0.39, 0.29) is 17.6 Å². The van der Waals surface area contributed by atoms with Crippen molar-refractivity contribution in [1.29, 1.82) is 0 Å². The molecule has 0 bridgehead atoms. The number of benzene rings is 3. The third kappa shape index (κ3) is 5.62. The molecule has 0 radical (unpaired) electrons. The predicted octanol–water partition coefficient (Wildman–Crippen LogP) is 7.12. The summed E-state index contributed by atoms with van der Waals surface area (Å²) in [5.41, 5.74) is 2.92. The summed E-state index contributed by atoms with van der Waals surface area (Å²) in [5, 5.41) is 4.24. The number of nitrogens with zero attached hydrogens (tertiary/aromatic N) is 2. The SMILES string of the molecule is O=C(Nc1ccc(N2CCN(C(=O)c3ccc(Cl)cc3)CC2)cc1)c1ccc(-c2cccc(Cl)c2Cl)o1. The van der Waals surface area contributed by atoms with Gasteiger partial charge in [-0.3, -0.25) is 9.59 Å². The lowest BCUT2D eigenvalue weighted by atomic mass is 10.1. The molecule has 0 aliphatic carbocycles. The number of halogens is 3. The highest BCUT2D eigenvalue weighted by molar-refractivity contribution is 6.43. The number of anilines is 2. The molecule has 9 heteroatoms. The fourth-order valence-corrected chi connectivity index (χ4v) is 4.71. The van der Waals surface area contributed by atoms with Gasteiger partial charge >= 0.3 is 0 Å². The second-order valence-electron chi connectivity index (χ2n) is 8.55. The second-order valence-corrected chi connectivity index (χ2v) is 9.77. The summed E-state index contributed by atoms with van der Waals surface area (Å²) in [6.45, 7) is 2.67. The lowest BCUT2D eigenvalue weighted by molar-refractivity contribution is 0.0746. The summed E-state index contributed by atoms with van der Waals surface area (Å²) in [5.74, 6) is 0.262. The molecule has 1 saturated heterocycles. The van der Waals surface area contributed by atoms with Crippen molar-refractivity contribution in [2.24, 2.45) is 0 Å². The molecule has 1 N–H and O–H groups in total. The van der Waals surface area contributed by atoms with Crippen LogP contribution in [0.2, 0.25) is 15.1 Å². The van der Waals surface area contributed by atoms with Gasteiger partial charge in [0.25, 0.3) is 11.8 Å². The summed E-state index contributed by atoms with van der Waals surface area (Å²) in [7, 11) is 0. The van der Waals surface area contributed by atoms with Gasteiger partial charge in [-0.15, -0.1) is 0 Å². The van der Waals surface area contributed by atoms with Crippen LogP contribution in [0, 0.1) is 0 Å². The number of furan rings is 1. The van der Waals surface area contributed by atoms with Crippen molar-refractivity contribution in [3.05, 3.63) is 105 Å². The van der Waals surface area contributed by atoms with Crippen LogP contribution in [-0.4, -0.2) is 42.9 Å². The zero-order valence-electron chi connectivity index (χ0n) is 19.6. The van der Waals surface area contributed by atoms with E-state index in [2.05, 4.69) is 10.2 Å². The quantitative estimate of drug-likeness (QED) is 0.285. The van der Waals surface area contributed by atoms with Gasteiger partial charge in [0, 0.05) is 53.7 Å². The summed E-state index contributed by atoms with van der Waals surface area (Å²) in [6.07, 6.45) is 0. The van der Waals surface area contributed by atoms with E-state index in [1.54, 1.807) is 54.6 Å². The topological polar surface area (TPSA) is 65.8 Å². The molecule has 2 heterocycles. The van der Waals surface area contributed by atoms with Gasteiger partial charge in [0.1, 0.15) is 5.76 Å². The molecule has 37 heavy (non-hydrogen) atoms. The largest absolute Gasteiger partial charge is 0.451 e. The summed E-state index contributed by atoms with van der Waals surface area (Å²) in [6, 6.07) is 23.1. The van der Waals surface area contributed by atoms with Crippen LogP contribution in [0.15, 0.2) is 83.3 Å². The van der Waals surface area contributed by atoms with Crippen LogP contribution in [0.3, 0.4) is 0 Å². The number of nitrogens with one attached hydrogen (secondary N) is 1. The maximum Gasteiger partial charge on any atom is 0.291 e. The second kappa shape index (κ2) is 10.9. The normalized spacial score (nSPS) is 13.5. The van der Waals surface area contributed by atoms with Crippen LogP contribution in [-0.2, 0) is 0 Å². The molecule has 0 saturated carbocycles. The Labute approximate surface area is 229 Å². The van der Waals surface area contributed by atoms with Gasteiger partial charge in [-0.2, -0.15) is 0 Å². The lowest BCUT2D eigenvalue weighted by Crippen LogP contribution is -2.48. The van der Waals surface area contributed by atoms with Gasteiger partial charge in [-0.25, -0.2) is 0 Å². The molecule has 0 spiro atoms. The van der Waals surface area contributed by atoms with Crippen molar-refractivity contribution in [1.82, 2.24) is 4.90 Å². The third-order valence-corrected chi connectivity index (χ3v) is 7.27. The van der Waals surface area contributed by atoms with E-state index in [4.69, 9.17) is 39.2 Å². The number of piperazine rings is 1. The van der Waals surface area contributed by atoms with E-state index in [9.17, 15) is 9.59 Å². The lowest BCUT2D eigenvalue weighted by Gasteiger charge is -2.36. The molecule has 1 aliphatic rings. The minimum absolute atomic E-state index is 0.00749. The molecule has 2 amide bonds. The van der Waals surface area contributed by atoms with Crippen molar-refractivity contribution in [3.63, 3.8) is 0 Å². The van der Waals surface area contributed by atoms with Crippen molar-refractivity contribution < 1.29 is 14.0 Å². The zero-order chi connectivity index (χ0) is 25.9. The number of amides is 2. The minimum Gasteiger partial charge on any atom is -0.451 e. The number of carbonyl (C=O) groups excluding carboxylic acids is 2. The minimum atomic E-state index is -0.369.